The lowest BCUT2D eigenvalue weighted by atomic mass is 10.3. The van der Waals surface area contributed by atoms with Gasteiger partial charge >= 0.3 is 0 Å². The van der Waals surface area contributed by atoms with Gasteiger partial charge in [-0.2, -0.15) is 0 Å². The maximum atomic E-state index is 5.73. The minimum atomic E-state index is 0.782. The van der Waals surface area contributed by atoms with E-state index in [0.29, 0.717) is 0 Å². The SMILES string of the molecule is CC#Cc1ccsc1Cl. The molecule has 0 radical (unpaired) electrons. The molecule has 1 aromatic rings. The van der Waals surface area contributed by atoms with Gasteiger partial charge in [-0.3, -0.25) is 0 Å². The van der Waals surface area contributed by atoms with Crippen LogP contribution in [0.25, 0.3) is 0 Å². The first-order chi connectivity index (χ1) is 4.34. The first-order valence-electron chi connectivity index (χ1n) is 2.50. The van der Waals surface area contributed by atoms with E-state index in [1.54, 1.807) is 6.92 Å². The van der Waals surface area contributed by atoms with Gasteiger partial charge in [-0.25, -0.2) is 0 Å². The number of thiophene rings is 1. The Morgan fingerprint density at radius 1 is 1.67 bits per heavy atom. The summed E-state index contributed by atoms with van der Waals surface area (Å²) in [5.74, 6) is 5.67. The fourth-order valence-electron chi connectivity index (χ4n) is 0.516. The highest BCUT2D eigenvalue weighted by molar-refractivity contribution is 7.14. The zero-order valence-corrected chi connectivity index (χ0v) is 6.51. The van der Waals surface area contributed by atoms with Crippen molar-refractivity contribution < 1.29 is 0 Å². The lowest BCUT2D eigenvalue weighted by Gasteiger charge is -1.78. The van der Waals surface area contributed by atoms with Crippen LogP contribution in [0.2, 0.25) is 4.34 Å². The van der Waals surface area contributed by atoms with Crippen molar-refractivity contribution in [3.63, 3.8) is 0 Å². The molecule has 0 amide bonds. The van der Waals surface area contributed by atoms with Crippen LogP contribution in [0, 0.1) is 11.8 Å². The lowest BCUT2D eigenvalue weighted by Crippen LogP contribution is -1.62. The van der Waals surface area contributed by atoms with Crippen molar-refractivity contribution in [3.8, 4) is 11.8 Å². The molecule has 0 aliphatic heterocycles. The first-order valence-corrected chi connectivity index (χ1v) is 3.76. The van der Waals surface area contributed by atoms with Crippen molar-refractivity contribution in [1.82, 2.24) is 0 Å². The predicted molar refractivity (Wildman–Crippen MR) is 41.9 cm³/mol. The van der Waals surface area contributed by atoms with Crippen molar-refractivity contribution in [2.24, 2.45) is 0 Å². The lowest BCUT2D eigenvalue weighted by molar-refractivity contribution is 1.81. The van der Waals surface area contributed by atoms with E-state index in [2.05, 4.69) is 11.8 Å². The summed E-state index contributed by atoms with van der Waals surface area (Å²) in [5, 5.41) is 1.93. The van der Waals surface area contributed by atoms with Gasteiger partial charge in [-0.05, 0) is 18.4 Å². The third-order valence-corrected chi connectivity index (χ3v) is 2.05. The Morgan fingerprint density at radius 3 is 2.89 bits per heavy atom. The van der Waals surface area contributed by atoms with Crippen LogP contribution in [-0.4, -0.2) is 0 Å². The summed E-state index contributed by atoms with van der Waals surface area (Å²) in [6.07, 6.45) is 0. The molecule has 0 aromatic carbocycles. The Balaban J connectivity index is 3.03. The van der Waals surface area contributed by atoms with E-state index in [9.17, 15) is 0 Å². The Labute approximate surface area is 63.5 Å². The molecule has 0 N–H and O–H groups in total. The molecule has 0 fully saturated rings. The zero-order valence-electron chi connectivity index (χ0n) is 4.94. The molecule has 0 saturated carbocycles. The second kappa shape index (κ2) is 2.91. The van der Waals surface area contributed by atoms with Gasteiger partial charge in [0.15, 0.2) is 0 Å². The van der Waals surface area contributed by atoms with Crippen LogP contribution < -0.4 is 0 Å². The Bertz CT molecular complexity index is 251. The molecule has 0 nitrogen and oxygen atoms in total. The largest absolute Gasteiger partial charge is 0.131 e. The third kappa shape index (κ3) is 1.48. The average Bonchev–Trinajstić information content (AvgIpc) is 2.18. The van der Waals surface area contributed by atoms with E-state index < -0.39 is 0 Å². The van der Waals surface area contributed by atoms with Gasteiger partial charge in [0, 0.05) is 0 Å². The number of hydrogen-bond acceptors (Lipinski definition) is 1. The Morgan fingerprint density at radius 2 is 2.44 bits per heavy atom. The average molecular weight is 157 g/mol. The molecule has 0 aliphatic rings. The van der Waals surface area contributed by atoms with E-state index >= 15 is 0 Å². The summed E-state index contributed by atoms with van der Waals surface area (Å²) >= 11 is 7.24. The third-order valence-electron chi connectivity index (χ3n) is 0.878. The predicted octanol–water partition coefficient (Wildman–Crippen LogP) is 2.77. The second-order valence-corrected chi connectivity index (χ2v) is 3.00. The van der Waals surface area contributed by atoms with Gasteiger partial charge in [0.05, 0.1) is 5.56 Å². The molecule has 9 heavy (non-hydrogen) atoms. The molecule has 1 heterocycles. The molecule has 0 spiro atoms. The quantitative estimate of drug-likeness (QED) is 0.507. The van der Waals surface area contributed by atoms with Gasteiger partial charge in [0.25, 0.3) is 0 Å². The number of hydrogen-bond donors (Lipinski definition) is 0. The summed E-state index contributed by atoms with van der Waals surface area (Å²) in [4.78, 5) is 0. The molecule has 1 rings (SSSR count). The molecular formula is C7H5ClS. The van der Waals surface area contributed by atoms with Crippen LogP contribution in [0.15, 0.2) is 11.4 Å². The first kappa shape index (κ1) is 6.67. The minimum absolute atomic E-state index is 0.782. The fourth-order valence-corrected chi connectivity index (χ4v) is 1.35. The molecule has 0 saturated heterocycles. The van der Waals surface area contributed by atoms with Crippen LogP contribution in [0.1, 0.15) is 12.5 Å². The maximum Gasteiger partial charge on any atom is 0.108 e. The topological polar surface area (TPSA) is 0 Å². The van der Waals surface area contributed by atoms with Gasteiger partial charge in [-0.1, -0.05) is 17.5 Å². The molecule has 2 heteroatoms. The minimum Gasteiger partial charge on any atom is -0.131 e. The van der Waals surface area contributed by atoms with Gasteiger partial charge < -0.3 is 0 Å². The van der Waals surface area contributed by atoms with E-state index in [0.717, 1.165) is 9.90 Å². The van der Waals surface area contributed by atoms with E-state index in [1.165, 1.54) is 11.3 Å². The smallest absolute Gasteiger partial charge is 0.108 e. The number of rotatable bonds is 0. The molecule has 0 unspecified atom stereocenters. The molecule has 46 valence electrons. The Kier molecular flexibility index (Phi) is 2.16. The van der Waals surface area contributed by atoms with Crippen LogP contribution >= 0.6 is 22.9 Å². The van der Waals surface area contributed by atoms with E-state index in [-0.39, 0.29) is 0 Å². The monoisotopic (exact) mass is 156 g/mol. The molecular weight excluding hydrogens is 152 g/mol. The normalized spacial score (nSPS) is 8.22. The summed E-state index contributed by atoms with van der Waals surface area (Å²) in [6.45, 7) is 1.80. The van der Waals surface area contributed by atoms with Crippen LogP contribution in [0.5, 0.6) is 0 Å². The van der Waals surface area contributed by atoms with E-state index in [1.807, 2.05) is 11.4 Å². The number of halogens is 1. The summed E-state index contributed by atoms with van der Waals surface area (Å²) in [5.41, 5.74) is 0.934. The van der Waals surface area contributed by atoms with Crippen molar-refractivity contribution in [1.29, 1.82) is 0 Å². The van der Waals surface area contributed by atoms with Crippen molar-refractivity contribution >= 4 is 22.9 Å². The highest BCUT2D eigenvalue weighted by atomic mass is 35.5. The standard InChI is InChI=1S/C7H5ClS/c1-2-3-6-4-5-9-7(6)8/h4-5H,1H3. The van der Waals surface area contributed by atoms with Crippen molar-refractivity contribution in [2.75, 3.05) is 0 Å². The molecule has 0 atom stereocenters. The zero-order chi connectivity index (χ0) is 6.69. The summed E-state index contributed by atoms with van der Waals surface area (Å²) in [6, 6.07) is 1.92. The van der Waals surface area contributed by atoms with Gasteiger partial charge in [0.2, 0.25) is 0 Å². The molecule has 0 aliphatic carbocycles. The molecule has 1 aromatic heterocycles. The van der Waals surface area contributed by atoms with Crippen molar-refractivity contribution in [3.05, 3.63) is 21.3 Å². The van der Waals surface area contributed by atoms with Crippen LogP contribution in [-0.2, 0) is 0 Å². The maximum absolute atomic E-state index is 5.73. The Hall–Kier alpha value is -0.450. The highest BCUT2D eigenvalue weighted by Crippen LogP contribution is 2.21. The molecule has 0 bridgehead atoms. The second-order valence-electron chi connectivity index (χ2n) is 1.48. The fraction of sp³-hybridized carbons (Fsp3) is 0.143. The summed E-state index contributed by atoms with van der Waals surface area (Å²) in [7, 11) is 0. The van der Waals surface area contributed by atoms with Gasteiger partial charge in [-0.15, -0.1) is 17.3 Å². The highest BCUT2D eigenvalue weighted by Gasteiger charge is 1.94. The summed E-state index contributed by atoms with van der Waals surface area (Å²) < 4.78 is 0.782. The van der Waals surface area contributed by atoms with Crippen molar-refractivity contribution in [2.45, 2.75) is 6.92 Å². The van der Waals surface area contributed by atoms with Crippen LogP contribution in [0.3, 0.4) is 0 Å². The van der Waals surface area contributed by atoms with Gasteiger partial charge in [0.1, 0.15) is 4.34 Å². The van der Waals surface area contributed by atoms with E-state index in [4.69, 9.17) is 11.6 Å². The van der Waals surface area contributed by atoms with Crippen LogP contribution in [0.4, 0.5) is 0 Å².